The van der Waals surface area contributed by atoms with Crippen molar-refractivity contribution in [2.45, 2.75) is 26.3 Å². The van der Waals surface area contributed by atoms with E-state index < -0.39 is 0 Å². The lowest BCUT2D eigenvalue weighted by Crippen LogP contribution is -2.26. The fourth-order valence-corrected chi connectivity index (χ4v) is 2.29. The molecule has 106 valence electrons. The van der Waals surface area contributed by atoms with Gasteiger partial charge in [0, 0.05) is 37.7 Å². The van der Waals surface area contributed by atoms with Crippen LogP contribution < -0.4 is 10.6 Å². The molecular weight excluding hydrogens is 246 g/mol. The summed E-state index contributed by atoms with van der Waals surface area (Å²) in [6.45, 7) is 4.90. The summed E-state index contributed by atoms with van der Waals surface area (Å²) < 4.78 is 0. The van der Waals surface area contributed by atoms with Gasteiger partial charge >= 0.3 is 0 Å². The van der Waals surface area contributed by atoms with Crippen LogP contribution in [0.1, 0.15) is 24.5 Å². The summed E-state index contributed by atoms with van der Waals surface area (Å²) in [4.78, 5) is 6.60. The Morgan fingerprint density at radius 1 is 1.05 bits per heavy atom. The maximum atomic E-state index is 5.65. The molecule has 0 amide bonds. The molecule has 0 spiro atoms. The van der Waals surface area contributed by atoms with Crippen molar-refractivity contribution in [1.29, 1.82) is 0 Å². The third-order valence-electron chi connectivity index (χ3n) is 3.42. The Kier molecular flexibility index (Phi) is 5.56. The molecule has 3 nitrogen and oxygen atoms in total. The van der Waals surface area contributed by atoms with Crippen molar-refractivity contribution in [3.05, 3.63) is 59.9 Å². The minimum Gasteiger partial charge on any atom is -0.371 e. The van der Waals surface area contributed by atoms with Gasteiger partial charge < -0.3 is 10.6 Å². The molecule has 0 saturated carbocycles. The van der Waals surface area contributed by atoms with Crippen LogP contribution in [0.5, 0.6) is 0 Å². The van der Waals surface area contributed by atoms with E-state index in [4.69, 9.17) is 5.73 Å². The summed E-state index contributed by atoms with van der Waals surface area (Å²) in [6.07, 6.45) is 5.93. The average Bonchev–Trinajstić information content (AvgIpc) is 2.52. The molecule has 1 aromatic carbocycles. The molecule has 1 aromatic heterocycles. The summed E-state index contributed by atoms with van der Waals surface area (Å²) in [5.41, 5.74) is 9.38. The molecule has 2 N–H and O–H groups in total. The summed E-state index contributed by atoms with van der Waals surface area (Å²) >= 11 is 0. The highest BCUT2D eigenvalue weighted by molar-refractivity contribution is 5.47. The van der Waals surface area contributed by atoms with Gasteiger partial charge in [-0.1, -0.05) is 25.1 Å². The third kappa shape index (κ3) is 4.07. The maximum absolute atomic E-state index is 5.65. The number of benzene rings is 1. The van der Waals surface area contributed by atoms with Crippen molar-refractivity contribution in [2.75, 3.05) is 18.0 Å². The predicted molar refractivity (Wildman–Crippen MR) is 84.8 cm³/mol. The molecule has 0 aliphatic heterocycles. The van der Waals surface area contributed by atoms with E-state index in [1.165, 1.54) is 16.8 Å². The van der Waals surface area contributed by atoms with Crippen molar-refractivity contribution >= 4 is 5.69 Å². The number of nitrogens with two attached hydrogens (primary N) is 1. The lowest BCUT2D eigenvalue weighted by Gasteiger charge is -2.24. The third-order valence-corrected chi connectivity index (χ3v) is 3.42. The van der Waals surface area contributed by atoms with E-state index in [9.17, 15) is 0 Å². The minimum atomic E-state index is 0.601. The van der Waals surface area contributed by atoms with Crippen LogP contribution in [0.3, 0.4) is 0 Å². The molecule has 20 heavy (non-hydrogen) atoms. The second kappa shape index (κ2) is 7.65. The van der Waals surface area contributed by atoms with Crippen molar-refractivity contribution in [2.24, 2.45) is 5.73 Å². The number of pyridine rings is 1. The fourth-order valence-electron chi connectivity index (χ4n) is 2.29. The summed E-state index contributed by atoms with van der Waals surface area (Å²) in [6, 6.07) is 12.7. The van der Waals surface area contributed by atoms with Gasteiger partial charge in [-0.15, -0.1) is 0 Å². The number of aromatic nitrogens is 1. The quantitative estimate of drug-likeness (QED) is 0.840. The number of hydrogen-bond acceptors (Lipinski definition) is 3. The molecule has 2 rings (SSSR count). The molecule has 0 aliphatic rings. The number of rotatable bonds is 7. The van der Waals surface area contributed by atoms with Gasteiger partial charge in [-0.25, -0.2) is 0 Å². The molecule has 0 bridgehead atoms. The van der Waals surface area contributed by atoms with Gasteiger partial charge in [0.15, 0.2) is 0 Å². The largest absolute Gasteiger partial charge is 0.371 e. The Balaban J connectivity index is 2.02. The molecule has 1 heterocycles. The zero-order chi connectivity index (χ0) is 14.2. The van der Waals surface area contributed by atoms with Gasteiger partial charge in [0.2, 0.25) is 0 Å². The zero-order valence-electron chi connectivity index (χ0n) is 12.1. The zero-order valence-corrected chi connectivity index (χ0v) is 12.1. The maximum Gasteiger partial charge on any atom is 0.0366 e. The molecule has 0 saturated heterocycles. The van der Waals surface area contributed by atoms with Gasteiger partial charge in [-0.05, 0) is 42.2 Å². The highest BCUT2D eigenvalue weighted by Crippen LogP contribution is 2.16. The number of anilines is 1. The second-order valence-corrected chi connectivity index (χ2v) is 4.97. The average molecular weight is 269 g/mol. The van der Waals surface area contributed by atoms with Crippen LogP contribution >= 0.6 is 0 Å². The predicted octanol–water partition coefficient (Wildman–Crippen LogP) is 3.00. The topological polar surface area (TPSA) is 42.2 Å². The summed E-state index contributed by atoms with van der Waals surface area (Å²) in [5.74, 6) is 0. The summed E-state index contributed by atoms with van der Waals surface area (Å²) in [5, 5.41) is 0. The van der Waals surface area contributed by atoms with E-state index in [0.29, 0.717) is 6.54 Å². The van der Waals surface area contributed by atoms with Gasteiger partial charge in [-0.2, -0.15) is 0 Å². The van der Waals surface area contributed by atoms with Crippen molar-refractivity contribution < 1.29 is 0 Å². The van der Waals surface area contributed by atoms with Crippen LogP contribution in [0.15, 0.2) is 48.8 Å². The first-order valence-electron chi connectivity index (χ1n) is 7.26. The van der Waals surface area contributed by atoms with E-state index >= 15 is 0 Å². The van der Waals surface area contributed by atoms with Crippen LogP contribution in [0.2, 0.25) is 0 Å². The smallest absolute Gasteiger partial charge is 0.0366 e. The van der Waals surface area contributed by atoms with Crippen LogP contribution in [0.25, 0.3) is 0 Å². The first kappa shape index (κ1) is 14.5. The van der Waals surface area contributed by atoms with Gasteiger partial charge in [0.05, 0.1) is 0 Å². The molecule has 2 aromatic rings. The number of hydrogen-bond donors (Lipinski definition) is 1. The van der Waals surface area contributed by atoms with Crippen LogP contribution in [0, 0.1) is 0 Å². The van der Waals surface area contributed by atoms with Crippen molar-refractivity contribution in [3.63, 3.8) is 0 Å². The van der Waals surface area contributed by atoms with Crippen molar-refractivity contribution in [1.82, 2.24) is 4.98 Å². The Bertz CT molecular complexity index is 493. The van der Waals surface area contributed by atoms with E-state index in [-0.39, 0.29) is 0 Å². The lowest BCUT2D eigenvalue weighted by molar-refractivity contribution is 0.755. The molecular formula is C17H23N3. The van der Waals surface area contributed by atoms with Crippen LogP contribution in [-0.2, 0) is 13.0 Å². The lowest BCUT2D eigenvalue weighted by atomic mass is 10.1. The molecule has 3 heteroatoms. The summed E-state index contributed by atoms with van der Waals surface area (Å²) in [7, 11) is 0. The molecule has 0 radical (unpaired) electrons. The van der Waals surface area contributed by atoms with Crippen LogP contribution in [0.4, 0.5) is 5.69 Å². The fraction of sp³-hybridized carbons (Fsp3) is 0.353. The van der Waals surface area contributed by atoms with E-state index in [0.717, 1.165) is 25.9 Å². The normalized spacial score (nSPS) is 10.5. The highest BCUT2D eigenvalue weighted by Gasteiger charge is 2.06. The highest BCUT2D eigenvalue weighted by atomic mass is 15.1. The van der Waals surface area contributed by atoms with Gasteiger partial charge in [0.25, 0.3) is 0 Å². The Morgan fingerprint density at radius 3 is 2.45 bits per heavy atom. The van der Waals surface area contributed by atoms with E-state index in [1.54, 1.807) is 0 Å². The molecule has 0 fully saturated rings. The number of nitrogens with zero attached hydrogens (tertiary/aromatic N) is 2. The molecule has 0 unspecified atom stereocenters. The van der Waals surface area contributed by atoms with E-state index in [2.05, 4.69) is 47.1 Å². The van der Waals surface area contributed by atoms with E-state index in [1.807, 2.05) is 18.5 Å². The standard InChI is InChI=1S/C17H23N3/c1-2-11-20(12-9-16-4-3-10-19-14-16)17-7-5-15(13-18)6-8-17/h3-8,10,14H,2,9,11-13,18H2,1H3. The molecule has 0 atom stereocenters. The Labute approximate surface area is 121 Å². The molecule has 0 aliphatic carbocycles. The Morgan fingerprint density at radius 2 is 1.85 bits per heavy atom. The second-order valence-electron chi connectivity index (χ2n) is 4.97. The first-order chi connectivity index (χ1) is 9.83. The Hall–Kier alpha value is -1.87. The van der Waals surface area contributed by atoms with Gasteiger partial charge in [0.1, 0.15) is 0 Å². The van der Waals surface area contributed by atoms with Crippen LogP contribution in [-0.4, -0.2) is 18.1 Å². The van der Waals surface area contributed by atoms with Gasteiger partial charge in [-0.3, -0.25) is 4.98 Å². The SMILES string of the molecule is CCCN(CCc1cccnc1)c1ccc(CN)cc1. The minimum absolute atomic E-state index is 0.601. The monoisotopic (exact) mass is 269 g/mol. The first-order valence-corrected chi connectivity index (χ1v) is 7.26. The van der Waals surface area contributed by atoms with Crippen molar-refractivity contribution in [3.8, 4) is 0 Å².